The number of amides is 2. The van der Waals surface area contributed by atoms with Gasteiger partial charge in [-0.2, -0.15) is 0 Å². The Morgan fingerprint density at radius 1 is 1.29 bits per heavy atom. The monoisotopic (exact) mass is 490 g/mol. The molecular formula is C25H34N2O8. The van der Waals surface area contributed by atoms with Crippen molar-refractivity contribution in [1.82, 2.24) is 10.2 Å². The fourth-order valence-corrected chi connectivity index (χ4v) is 4.66. The Morgan fingerprint density at radius 2 is 2.06 bits per heavy atom. The van der Waals surface area contributed by atoms with Crippen LogP contribution in [0.4, 0.5) is 0 Å². The molecule has 2 amide bonds. The van der Waals surface area contributed by atoms with E-state index in [-0.39, 0.29) is 37.8 Å². The summed E-state index contributed by atoms with van der Waals surface area (Å²) in [5.41, 5.74) is 1.17. The number of fused-ring (bicyclic) bond motifs is 3. The van der Waals surface area contributed by atoms with Crippen molar-refractivity contribution >= 4 is 18.1 Å². The van der Waals surface area contributed by atoms with E-state index >= 15 is 0 Å². The highest BCUT2D eigenvalue weighted by atomic mass is 16.5. The van der Waals surface area contributed by atoms with Gasteiger partial charge in [0.25, 0.3) is 0 Å². The summed E-state index contributed by atoms with van der Waals surface area (Å²) in [5, 5.41) is 23.3. The molecule has 0 saturated heterocycles. The summed E-state index contributed by atoms with van der Waals surface area (Å²) in [6.45, 7) is 2.26. The Labute approximate surface area is 204 Å². The third-order valence-electron chi connectivity index (χ3n) is 6.37. The predicted octanol–water partition coefficient (Wildman–Crippen LogP) is 0.796. The number of nitrogens with zero attached hydrogens (tertiary/aromatic N) is 1. The van der Waals surface area contributed by atoms with Crippen LogP contribution in [0.3, 0.4) is 0 Å². The molecule has 3 rings (SSSR count). The number of rotatable bonds is 12. The summed E-state index contributed by atoms with van der Waals surface area (Å²) in [6.07, 6.45) is 2.04. The topological polar surface area (TPSA) is 135 Å². The van der Waals surface area contributed by atoms with Crippen molar-refractivity contribution in [2.24, 2.45) is 0 Å². The maximum atomic E-state index is 13.2. The Bertz CT molecular complexity index is 963. The van der Waals surface area contributed by atoms with Crippen LogP contribution >= 0.6 is 0 Å². The molecular weight excluding hydrogens is 456 g/mol. The van der Waals surface area contributed by atoms with E-state index < -0.39 is 30.1 Å². The number of aliphatic hydroxyl groups excluding tert-OH is 2. The lowest BCUT2D eigenvalue weighted by molar-refractivity contribution is -0.138. The molecule has 0 aromatic heterocycles. The molecule has 1 aromatic rings. The van der Waals surface area contributed by atoms with Gasteiger partial charge in [0.2, 0.25) is 11.8 Å². The minimum absolute atomic E-state index is 0.0367. The van der Waals surface area contributed by atoms with Gasteiger partial charge >= 0.3 is 0 Å². The molecule has 10 nitrogen and oxygen atoms in total. The van der Waals surface area contributed by atoms with Crippen LogP contribution in [0.15, 0.2) is 23.8 Å². The number of unbranched alkanes of at least 4 members (excludes halogenated alkanes) is 1. The molecule has 3 N–H and O–H groups in total. The Balaban J connectivity index is 2.09. The van der Waals surface area contributed by atoms with Gasteiger partial charge in [0, 0.05) is 43.3 Å². The predicted molar refractivity (Wildman–Crippen MR) is 127 cm³/mol. The molecule has 4 atom stereocenters. The number of nitrogens with one attached hydrogen (secondary N) is 1. The van der Waals surface area contributed by atoms with Gasteiger partial charge in [0.15, 0.2) is 11.5 Å². The average Bonchev–Trinajstić information content (AvgIpc) is 3.26. The molecule has 0 spiro atoms. The Kier molecular flexibility index (Phi) is 9.25. The molecule has 10 heteroatoms. The van der Waals surface area contributed by atoms with Crippen LogP contribution in [0.25, 0.3) is 0 Å². The van der Waals surface area contributed by atoms with Gasteiger partial charge in [-0.1, -0.05) is 13.3 Å². The molecule has 2 aliphatic rings. The minimum Gasteiger partial charge on any atom is -0.493 e. The van der Waals surface area contributed by atoms with E-state index in [0.717, 1.165) is 6.42 Å². The molecule has 1 heterocycles. The molecule has 1 aliphatic heterocycles. The molecule has 1 aromatic carbocycles. The summed E-state index contributed by atoms with van der Waals surface area (Å²) in [6, 6.07) is 2.31. The number of carbonyl (C=O) groups is 3. The van der Waals surface area contributed by atoms with E-state index in [4.69, 9.17) is 14.2 Å². The zero-order chi connectivity index (χ0) is 25.5. The number of hydrogen-bond acceptors (Lipinski definition) is 8. The van der Waals surface area contributed by atoms with Gasteiger partial charge in [0.1, 0.15) is 18.5 Å². The summed E-state index contributed by atoms with van der Waals surface area (Å²) in [7, 11) is 2.97. The average molecular weight is 491 g/mol. The second kappa shape index (κ2) is 12.1. The SMILES string of the molecule is CCCCC(=O)N(CCOC)[C@@H]1C=C(C(=O)NCCO)[C@@H]2c3cc(C=O)cc(OC)c3O[C@@H]2[C@H]1O. The zero-order valence-corrected chi connectivity index (χ0v) is 20.4. The minimum atomic E-state index is -1.16. The standard InChI is InChI=1S/C25H34N2O8/c1-4-5-6-20(30)27(8-10-33-2)18-13-17(25(32)26-7-9-28)21-16-11-15(14-29)12-19(34-3)23(16)35-24(21)22(18)31/h11-14,18,21-22,24,28,31H,4-10H2,1-3H3,(H,26,32)/t18-,21+,22+,24+/m1/s1. The number of benzene rings is 1. The normalized spacial score (nSPS) is 22.4. The smallest absolute Gasteiger partial charge is 0.247 e. The van der Waals surface area contributed by atoms with Gasteiger partial charge < -0.3 is 34.6 Å². The van der Waals surface area contributed by atoms with E-state index in [1.165, 1.54) is 25.2 Å². The molecule has 0 radical (unpaired) electrons. The quantitative estimate of drug-likeness (QED) is 0.366. The summed E-state index contributed by atoms with van der Waals surface area (Å²) < 4.78 is 16.7. The van der Waals surface area contributed by atoms with E-state index in [0.29, 0.717) is 41.8 Å². The Hall–Kier alpha value is -2.95. The number of ether oxygens (including phenoxy) is 3. The number of hydrogen-bond donors (Lipinski definition) is 3. The maximum Gasteiger partial charge on any atom is 0.247 e. The molecule has 0 unspecified atom stereocenters. The molecule has 0 bridgehead atoms. The molecule has 0 fully saturated rings. The third kappa shape index (κ3) is 5.50. The highest BCUT2D eigenvalue weighted by Gasteiger charge is 2.51. The van der Waals surface area contributed by atoms with Crippen molar-refractivity contribution in [3.8, 4) is 11.5 Å². The largest absolute Gasteiger partial charge is 0.493 e. The van der Waals surface area contributed by atoms with E-state index in [1.807, 2.05) is 6.92 Å². The van der Waals surface area contributed by atoms with Gasteiger partial charge in [0.05, 0.1) is 32.3 Å². The second-order valence-corrected chi connectivity index (χ2v) is 8.59. The van der Waals surface area contributed by atoms with Crippen LogP contribution < -0.4 is 14.8 Å². The van der Waals surface area contributed by atoms with Crippen LogP contribution in [0, 0.1) is 0 Å². The van der Waals surface area contributed by atoms with Crippen molar-refractivity contribution in [2.75, 3.05) is 40.5 Å². The number of aliphatic hydroxyl groups is 2. The van der Waals surface area contributed by atoms with Crippen LogP contribution in [-0.2, 0) is 14.3 Å². The van der Waals surface area contributed by atoms with Gasteiger partial charge in [-0.25, -0.2) is 0 Å². The summed E-state index contributed by atoms with van der Waals surface area (Å²) in [5.74, 6) is -0.652. The van der Waals surface area contributed by atoms with Crippen molar-refractivity contribution < 1.29 is 38.8 Å². The van der Waals surface area contributed by atoms with Crippen molar-refractivity contribution in [2.45, 2.75) is 50.4 Å². The number of methoxy groups -OCH3 is 2. The van der Waals surface area contributed by atoms with Gasteiger partial charge in [-0.05, 0) is 24.6 Å². The fraction of sp³-hybridized carbons (Fsp3) is 0.560. The highest BCUT2D eigenvalue weighted by Crippen LogP contribution is 2.51. The summed E-state index contributed by atoms with van der Waals surface area (Å²) >= 11 is 0. The lowest BCUT2D eigenvalue weighted by Crippen LogP contribution is -2.56. The Morgan fingerprint density at radius 3 is 2.69 bits per heavy atom. The molecule has 0 saturated carbocycles. The van der Waals surface area contributed by atoms with Crippen LogP contribution in [0.2, 0.25) is 0 Å². The number of aldehydes is 1. The number of carbonyl (C=O) groups excluding carboxylic acids is 3. The lowest BCUT2D eigenvalue weighted by Gasteiger charge is -2.40. The fourth-order valence-electron chi connectivity index (χ4n) is 4.66. The first-order valence-electron chi connectivity index (χ1n) is 11.8. The first-order valence-corrected chi connectivity index (χ1v) is 11.8. The highest BCUT2D eigenvalue weighted by molar-refractivity contribution is 5.96. The molecule has 35 heavy (non-hydrogen) atoms. The van der Waals surface area contributed by atoms with Crippen molar-refractivity contribution in [3.05, 3.63) is 34.9 Å². The van der Waals surface area contributed by atoms with Crippen molar-refractivity contribution in [3.63, 3.8) is 0 Å². The van der Waals surface area contributed by atoms with Gasteiger partial charge in [-0.15, -0.1) is 0 Å². The van der Waals surface area contributed by atoms with E-state index in [1.54, 1.807) is 12.1 Å². The summed E-state index contributed by atoms with van der Waals surface area (Å²) in [4.78, 5) is 39.3. The molecule has 192 valence electrons. The van der Waals surface area contributed by atoms with Crippen LogP contribution in [0.1, 0.15) is 48.0 Å². The van der Waals surface area contributed by atoms with E-state index in [9.17, 15) is 24.6 Å². The van der Waals surface area contributed by atoms with Crippen LogP contribution in [-0.4, -0.2) is 92.0 Å². The lowest BCUT2D eigenvalue weighted by atomic mass is 9.77. The first kappa shape index (κ1) is 26.7. The van der Waals surface area contributed by atoms with Crippen molar-refractivity contribution in [1.29, 1.82) is 0 Å². The third-order valence-corrected chi connectivity index (χ3v) is 6.37. The molecule has 1 aliphatic carbocycles. The maximum absolute atomic E-state index is 13.2. The van der Waals surface area contributed by atoms with Crippen LogP contribution in [0.5, 0.6) is 11.5 Å². The van der Waals surface area contributed by atoms with E-state index in [2.05, 4.69) is 5.32 Å². The zero-order valence-electron chi connectivity index (χ0n) is 20.4. The first-order chi connectivity index (χ1) is 16.9. The second-order valence-electron chi connectivity index (χ2n) is 8.59. The van der Waals surface area contributed by atoms with Gasteiger partial charge in [-0.3, -0.25) is 14.4 Å².